The lowest BCUT2D eigenvalue weighted by molar-refractivity contribution is -0.141. The van der Waals surface area contributed by atoms with Crippen LogP contribution in [0.25, 0.3) is 0 Å². The van der Waals surface area contributed by atoms with E-state index in [1.54, 1.807) is 12.1 Å². The molecular formula is C15H18FNO4. The maximum absolute atomic E-state index is 13.5. The molecule has 1 aromatic carbocycles. The second kappa shape index (κ2) is 8.04. The van der Waals surface area contributed by atoms with Crippen molar-refractivity contribution >= 4 is 11.9 Å². The number of benzene rings is 1. The molecule has 1 aromatic rings. The summed E-state index contributed by atoms with van der Waals surface area (Å²) in [7, 11) is 1.35. The third-order valence-electron chi connectivity index (χ3n) is 2.87. The van der Waals surface area contributed by atoms with Crippen molar-refractivity contribution in [3.05, 3.63) is 42.2 Å². The lowest BCUT2D eigenvalue weighted by Crippen LogP contribution is -2.41. The largest absolute Gasteiger partial charge is 0.494 e. The van der Waals surface area contributed by atoms with E-state index in [4.69, 9.17) is 9.84 Å². The SMILES string of the molecule is C=CCCC(NC(=O)Cc1ccc(OC)c(F)c1)C(=O)O. The highest BCUT2D eigenvalue weighted by molar-refractivity contribution is 5.84. The van der Waals surface area contributed by atoms with E-state index < -0.39 is 23.7 Å². The Kier molecular flexibility index (Phi) is 6.39. The number of nitrogens with one attached hydrogen (secondary N) is 1. The monoisotopic (exact) mass is 295 g/mol. The van der Waals surface area contributed by atoms with Crippen LogP contribution in [0.1, 0.15) is 18.4 Å². The summed E-state index contributed by atoms with van der Waals surface area (Å²) in [5.41, 5.74) is 0.443. The first-order valence-corrected chi connectivity index (χ1v) is 6.43. The van der Waals surface area contributed by atoms with Gasteiger partial charge in [0.1, 0.15) is 6.04 Å². The van der Waals surface area contributed by atoms with Crippen molar-refractivity contribution in [3.8, 4) is 5.75 Å². The number of ether oxygens (including phenoxy) is 1. The quantitative estimate of drug-likeness (QED) is 0.718. The Balaban J connectivity index is 2.65. The summed E-state index contributed by atoms with van der Waals surface area (Å²) in [5.74, 6) is -2.06. The van der Waals surface area contributed by atoms with Crippen LogP contribution in [0.15, 0.2) is 30.9 Å². The topological polar surface area (TPSA) is 75.6 Å². The van der Waals surface area contributed by atoms with Crippen molar-refractivity contribution in [2.45, 2.75) is 25.3 Å². The maximum Gasteiger partial charge on any atom is 0.326 e. The van der Waals surface area contributed by atoms with Crippen molar-refractivity contribution < 1.29 is 23.8 Å². The van der Waals surface area contributed by atoms with Crippen LogP contribution in [-0.4, -0.2) is 30.1 Å². The normalized spacial score (nSPS) is 11.5. The standard InChI is InChI=1S/C15H18FNO4/c1-3-4-5-12(15(19)20)17-14(18)9-10-6-7-13(21-2)11(16)8-10/h3,6-8,12H,1,4-5,9H2,2H3,(H,17,18)(H,19,20). The highest BCUT2D eigenvalue weighted by Crippen LogP contribution is 2.17. The van der Waals surface area contributed by atoms with E-state index in [2.05, 4.69) is 11.9 Å². The first kappa shape index (κ1) is 16.7. The van der Waals surface area contributed by atoms with Gasteiger partial charge in [0, 0.05) is 0 Å². The number of carbonyl (C=O) groups is 2. The maximum atomic E-state index is 13.5. The summed E-state index contributed by atoms with van der Waals surface area (Å²) in [5, 5.41) is 11.4. The summed E-state index contributed by atoms with van der Waals surface area (Å²) in [4.78, 5) is 22.8. The second-order valence-corrected chi connectivity index (χ2v) is 4.47. The third-order valence-corrected chi connectivity index (χ3v) is 2.87. The predicted molar refractivity (Wildman–Crippen MR) is 75.7 cm³/mol. The molecule has 0 saturated carbocycles. The Labute approximate surface area is 122 Å². The molecule has 1 atom stereocenters. The van der Waals surface area contributed by atoms with E-state index in [0.29, 0.717) is 12.0 Å². The van der Waals surface area contributed by atoms with E-state index in [9.17, 15) is 14.0 Å². The first-order chi connectivity index (χ1) is 9.97. The zero-order valence-corrected chi connectivity index (χ0v) is 11.8. The smallest absolute Gasteiger partial charge is 0.326 e. The fourth-order valence-electron chi connectivity index (χ4n) is 1.79. The fraction of sp³-hybridized carbons (Fsp3) is 0.333. The zero-order chi connectivity index (χ0) is 15.8. The summed E-state index contributed by atoms with van der Waals surface area (Å²) >= 11 is 0. The molecule has 0 heterocycles. The number of allylic oxidation sites excluding steroid dienone is 1. The van der Waals surface area contributed by atoms with Gasteiger partial charge < -0.3 is 15.2 Å². The highest BCUT2D eigenvalue weighted by atomic mass is 19.1. The van der Waals surface area contributed by atoms with Crippen LogP contribution < -0.4 is 10.1 Å². The Hall–Kier alpha value is -2.37. The van der Waals surface area contributed by atoms with Gasteiger partial charge in [-0.1, -0.05) is 12.1 Å². The molecule has 0 aliphatic rings. The molecule has 0 saturated heterocycles. The number of carboxylic acids is 1. The number of aliphatic carboxylic acids is 1. The molecular weight excluding hydrogens is 277 g/mol. The highest BCUT2D eigenvalue weighted by Gasteiger charge is 2.19. The minimum absolute atomic E-state index is 0.0913. The van der Waals surface area contributed by atoms with Crippen LogP contribution in [-0.2, 0) is 16.0 Å². The number of carbonyl (C=O) groups excluding carboxylic acids is 1. The van der Waals surface area contributed by atoms with Crippen molar-refractivity contribution in [2.24, 2.45) is 0 Å². The lowest BCUT2D eigenvalue weighted by Gasteiger charge is -2.13. The van der Waals surface area contributed by atoms with E-state index in [1.165, 1.54) is 19.2 Å². The van der Waals surface area contributed by atoms with Gasteiger partial charge in [0.05, 0.1) is 13.5 Å². The molecule has 1 rings (SSSR count). The van der Waals surface area contributed by atoms with E-state index in [1.807, 2.05) is 0 Å². The van der Waals surface area contributed by atoms with Gasteiger partial charge in [-0.15, -0.1) is 6.58 Å². The molecule has 2 N–H and O–H groups in total. The van der Waals surface area contributed by atoms with Crippen LogP contribution in [0.4, 0.5) is 4.39 Å². The third kappa shape index (κ3) is 5.25. The number of hydrogen-bond donors (Lipinski definition) is 2. The van der Waals surface area contributed by atoms with Crippen LogP contribution in [0, 0.1) is 5.82 Å². The van der Waals surface area contributed by atoms with Crippen LogP contribution in [0.5, 0.6) is 5.75 Å². The van der Waals surface area contributed by atoms with Gasteiger partial charge in [0.25, 0.3) is 0 Å². The predicted octanol–water partition coefficient (Wildman–Crippen LogP) is 1.91. The van der Waals surface area contributed by atoms with Gasteiger partial charge in [0.15, 0.2) is 11.6 Å². The molecule has 5 nitrogen and oxygen atoms in total. The number of methoxy groups -OCH3 is 1. The summed E-state index contributed by atoms with van der Waals surface area (Å²) in [6.07, 6.45) is 2.23. The van der Waals surface area contributed by atoms with Gasteiger partial charge >= 0.3 is 5.97 Å². The number of carboxylic acid groups (broad SMARTS) is 1. The molecule has 0 fully saturated rings. The van der Waals surface area contributed by atoms with Gasteiger partial charge in [-0.25, -0.2) is 9.18 Å². The molecule has 0 aromatic heterocycles. The number of amides is 1. The second-order valence-electron chi connectivity index (χ2n) is 4.47. The Morgan fingerprint density at radius 1 is 1.52 bits per heavy atom. The molecule has 0 radical (unpaired) electrons. The molecule has 0 bridgehead atoms. The number of hydrogen-bond acceptors (Lipinski definition) is 3. The van der Waals surface area contributed by atoms with Gasteiger partial charge in [0.2, 0.25) is 5.91 Å². The van der Waals surface area contributed by atoms with E-state index >= 15 is 0 Å². The van der Waals surface area contributed by atoms with Crippen LogP contribution in [0.3, 0.4) is 0 Å². The fourth-order valence-corrected chi connectivity index (χ4v) is 1.79. The van der Waals surface area contributed by atoms with Crippen LogP contribution in [0.2, 0.25) is 0 Å². The Morgan fingerprint density at radius 3 is 2.76 bits per heavy atom. The lowest BCUT2D eigenvalue weighted by atomic mass is 10.1. The summed E-state index contributed by atoms with van der Waals surface area (Å²) < 4.78 is 18.3. The molecule has 114 valence electrons. The molecule has 1 unspecified atom stereocenters. The Morgan fingerprint density at radius 2 is 2.24 bits per heavy atom. The van der Waals surface area contributed by atoms with Crippen molar-refractivity contribution in [2.75, 3.05) is 7.11 Å². The summed E-state index contributed by atoms with van der Waals surface area (Å²) in [6.45, 7) is 3.51. The van der Waals surface area contributed by atoms with Crippen molar-refractivity contribution in [3.63, 3.8) is 0 Å². The van der Waals surface area contributed by atoms with Crippen molar-refractivity contribution in [1.82, 2.24) is 5.32 Å². The summed E-state index contributed by atoms with van der Waals surface area (Å²) in [6, 6.07) is 3.20. The van der Waals surface area contributed by atoms with E-state index in [-0.39, 0.29) is 18.6 Å². The molecule has 0 spiro atoms. The average molecular weight is 295 g/mol. The van der Waals surface area contributed by atoms with E-state index in [0.717, 1.165) is 0 Å². The van der Waals surface area contributed by atoms with Crippen LogP contribution >= 0.6 is 0 Å². The Bertz CT molecular complexity index is 530. The minimum atomic E-state index is -1.11. The molecule has 0 aliphatic heterocycles. The average Bonchev–Trinajstić information content (AvgIpc) is 2.43. The molecule has 0 aliphatic carbocycles. The molecule has 6 heteroatoms. The van der Waals surface area contributed by atoms with Gasteiger partial charge in [-0.05, 0) is 30.5 Å². The molecule has 21 heavy (non-hydrogen) atoms. The number of rotatable bonds is 8. The zero-order valence-electron chi connectivity index (χ0n) is 11.8. The number of halogens is 1. The molecule has 1 amide bonds. The van der Waals surface area contributed by atoms with Gasteiger partial charge in [-0.2, -0.15) is 0 Å². The van der Waals surface area contributed by atoms with Crippen molar-refractivity contribution in [1.29, 1.82) is 0 Å². The first-order valence-electron chi connectivity index (χ1n) is 6.43. The minimum Gasteiger partial charge on any atom is -0.494 e. The van der Waals surface area contributed by atoms with Gasteiger partial charge in [-0.3, -0.25) is 4.79 Å².